The maximum absolute atomic E-state index is 10.1. The van der Waals surface area contributed by atoms with Crippen molar-refractivity contribution in [2.45, 2.75) is 58.0 Å². The minimum absolute atomic E-state index is 0.473. The summed E-state index contributed by atoms with van der Waals surface area (Å²) in [7, 11) is 0. The maximum Gasteiger partial charge on any atom is 0.0827 e. The van der Waals surface area contributed by atoms with E-state index in [1.807, 2.05) is 6.08 Å². The molecule has 0 aromatic rings. The van der Waals surface area contributed by atoms with Crippen molar-refractivity contribution in [3.05, 3.63) is 12.2 Å². The van der Waals surface area contributed by atoms with Gasteiger partial charge >= 0.3 is 0 Å². The zero-order valence-electron chi connectivity index (χ0n) is 8.92. The SMILES string of the molecule is CCCC1C=CC(O)(CCC)CC1. The van der Waals surface area contributed by atoms with Gasteiger partial charge in [0.1, 0.15) is 0 Å². The summed E-state index contributed by atoms with van der Waals surface area (Å²) in [5, 5.41) is 10.1. The molecule has 1 N–H and O–H groups in total. The number of hydrogen-bond acceptors (Lipinski definition) is 1. The van der Waals surface area contributed by atoms with Gasteiger partial charge in [-0.2, -0.15) is 0 Å². The Balaban J connectivity index is 2.45. The highest BCUT2D eigenvalue weighted by molar-refractivity contribution is 5.07. The van der Waals surface area contributed by atoms with Crippen molar-refractivity contribution >= 4 is 0 Å². The summed E-state index contributed by atoms with van der Waals surface area (Å²) < 4.78 is 0. The lowest BCUT2D eigenvalue weighted by Crippen LogP contribution is -2.29. The van der Waals surface area contributed by atoms with Crippen molar-refractivity contribution in [3.8, 4) is 0 Å². The van der Waals surface area contributed by atoms with Gasteiger partial charge in [-0.1, -0.05) is 38.8 Å². The summed E-state index contributed by atoms with van der Waals surface area (Å²) in [6, 6.07) is 0. The second kappa shape index (κ2) is 4.80. The Bertz CT molecular complexity index is 174. The number of hydrogen-bond donors (Lipinski definition) is 1. The van der Waals surface area contributed by atoms with Gasteiger partial charge in [0.05, 0.1) is 5.60 Å². The Labute approximate surface area is 81.9 Å². The maximum atomic E-state index is 10.1. The highest BCUT2D eigenvalue weighted by atomic mass is 16.3. The fourth-order valence-corrected chi connectivity index (χ4v) is 2.18. The molecule has 0 spiro atoms. The van der Waals surface area contributed by atoms with Gasteiger partial charge in [0, 0.05) is 0 Å². The summed E-state index contributed by atoms with van der Waals surface area (Å²) in [5.41, 5.74) is -0.473. The van der Waals surface area contributed by atoms with Crippen LogP contribution in [0.5, 0.6) is 0 Å². The van der Waals surface area contributed by atoms with Crippen molar-refractivity contribution in [1.29, 1.82) is 0 Å². The fraction of sp³-hybridized carbons (Fsp3) is 0.833. The van der Waals surface area contributed by atoms with E-state index in [0.29, 0.717) is 0 Å². The first-order valence-corrected chi connectivity index (χ1v) is 5.62. The van der Waals surface area contributed by atoms with Crippen LogP contribution >= 0.6 is 0 Å². The second-order valence-electron chi connectivity index (χ2n) is 4.30. The van der Waals surface area contributed by atoms with Crippen molar-refractivity contribution in [3.63, 3.8) is 0 Å². The van der Waals surface area contributed by atoms with E-state index in [9.17, 15) is 5.11 Å². The van der Waals surface area contributed by atoms with Crippen LogP contribution < -0.4 is 0 Å². The largest absolute Gasteiger partial charge is 0.386 e. The molecule has 2 atom stereocenters. The van der Waals surface area contributed by atoms with Crippen LogP contribution in [0.25, 0.3) is 0 Å². The predicted molar refractivity (Wildman–Crippen MR) is 56.6 cm³/mol. The van der Waals surface area contributed by atoms with E-state index in [1.54, 1.807) is 0 Å². The predicted octanol–water partition coefficient (Wildman–Crippen LogP) is 3.28. The monoisotopic (exact) mass is 182 g/mol. The summed E-state index contributed by atoms with van der Waals surface area (Å²) in [6.45, 7) is 4.35. The van der Waals surface area contributed by atoms with E-state index >= 15 is 0 Å². The van der Waals surface area contributed by atoms with Crippen LogP contribution in [0, 0.1) is 5.92 Å². The molecular weight excluding hydrogens is 160 g/mol. The summed E-state index contributed by atoms with van der Waals surface area (Å²) in [6.07, 6.45) is 10.9. The number of aliphatic hydroxyl groups is 1. The fourth-order valence-electron chi connectivity index (χ4n) is 2.18. The summed E-state index contributed by atoms with van der Waals surface area (Å²) >= 11 is 0. The molecule has 0 aromatic carbocycles. The van der Waals surface area contributed by atoms with Gasteiger partial charge in [-0.25, -0.2) is 0 Å². The second-order valence-corrected chi connectivity index (χ2v) is 4.30. The van der Waals surface area contributed by atoms with Crippen LogP contribution in [0.3, 0.4) is 0 Å². The Morgan fingerprint density at radius 3 is 2.62 bits per heavy atom. The summed E-state index contributed by atoms with van der Waals surface area (Å²) in [5.74, 6) is 0.724. The first-order chi connectivity index (χ1) is 6.20. The Kier molecular flexibility index (Phi) is 3.98. The molecule has 0 bridgehead atoms. The van der Waals surface area contributed by atoms with Gasteiger partial charge in [-0.05, 0) is 31.6 Å². The highest BCUT2D eigenvalue weighted by Crippen LogP contribution is 2.31. The molecule has 0 fully saturated rings. The van der Waals surface area contributed by atoms with Gasteiger partial charge in [0.15, 0.2) is 0 Å². The van der Waals surface area contributed by atoms with Gasteiger partial charge in [-0.3, -0.25) is 0 Å². The van der Waals surface area contributed by atoms with Crippen LogP contribution in [-0.4, -0.2) is 10.7 Å². The summed E-state index contributed by atoms with van der Waals surface area (Å²) in [4.78, 5) is 0. The van der Waals surface area contributed by atoms with Crippen molar-refractivity contribution in [2.24, 2.45) is 5.92 Å². The van der Waals surface area contributed by atoms with Crippen molar-refractivity contribution in [2.75, 3.05) is 0 Å². The third-order valence-corrected chi connectivity index (χ3v) is 2.97. The molecular formula is C12H22O. The molecule has 1 heteroatoms. The topological polar surface area (TPSA) is 20.2 Å². The van der Waals surface area contributed by atoms with E-state index in [4.69, 9.17) is 0 Å². The molecule has 1 rings (SSSR count). The normalized spacial score (nSPS) is 33.6. The lowest BCUT2D eigenvalue weighted by atomic mass is 9.81. The van der Waals surface area contributed by atoms with Crippen LogP contribution in [0.15, 0.2) is 12.2 Å². The minimum atomic E-state index is -0.473. The quantitative estimate of drug-likeness (QED) is 0.661. The molecule has 0 saturated carbocycles. The number of allylic oxidation sites excluding steroid dienone is 1. The lowest BCUT2D eigenvalue weighted by molar-refractivity contribution is 0.0585. The van der Waals surface area contributed by atoms with E-state index < -0.39 is 5.60 Å². The van der Waals surface area contributed by atoms with Crippen molar-refractivity contribution in [1.82, 2.24) is 0 Å². The Morgan fingerprint density at radius 2 is 2.15 bits per heavy atom. The molecule has 0 aromatic heterocycles. The average Bonchev–Trinajstić information content (AvgIpc) is 2.10. The van der Waals surface area contributed by atoms with Crippen LogP contribution in [-0.2, 0) is 0 Å². The van der Waals surface area contributed by atoms with Gasteiger partial charge in [0.25, 0.3) is 0 Å². The minimum Gasteiger partial charge on any atom is -0.386 e. The first-order valence-electron chi connectivity index (χ1n) is 5.62. The van der Waals surface area contributed by atoms with Crippen LogP contribution in [0.2, 0.25) is 0 Å². The number of rotatable bonds is 4. The Hall–Kier alpha value is -0.300. The first kappa shape index (κ1) is 10.8. The molecule has 1 nitrogen and oxygen atoms in total. The van der Waals surface area contributed by atoms with E-state index in [-0.39, 0.29) is 0 Å². The Morgan fingerprint density at radius 1 is 1.38 bits per heavy atom. The van der Waals surface area contributed by atoms with E-state index in [0.717, 1.165) is 25.2 Å². The van der Waals surface area contributed by atoms with Gasteiger partial charge in [-0.15, -0.1) is 0 Å². The van der Waals surface area contributed by atoms with Crippen LogP contribution in [0.1, 0.15) is 52.4 Å². The molecule has 76 valence electrons. The molecule has 0 amide bonds. The van der Waals surface area contributed by atoms with E-state index in [2.05, 4.69) is 19.9 Å². The van der Waals surface area contributed by atoms with Crippen molar-refractivity contribution < 1.29 is 5.11 Å². The van der Waals surface area contributed by atoms with Gasteiger partial charge < -0.3 is 5.11 Å². The molecule has 1 aliphatic rings. The molecule has 0 radical (unpaired) electrons. The zero-order chi connectivity index (χ0) is 9.73. The highest BCUT2D eigenvalue weighted by Gasteiger charge is 2.26. The molecule has 2 unspecified atom stereocenters. The third-order valence-electron chi connectivity index (χ3n) is 2.97. The third kappa shape index (κ3) is 3.15. The molecule has 0 heterocycles. The zero-order valence-corrected chi connectivity index (χ0v) is 8.92. The smallest absolute Gasteiger partial charge is 0.0827 e. The lowest BCUT2D eigenvalue weighted by Gasteiger charge is -2.30. The van der Waals surface area contributed by atoms with E-state index in [1.165, 1.54) is 19.3 Å². The molecule has 0 aliphatic heterocycles. The molecule has 0 saturated heterocycles. The average molecular weight is 182 g/mol. The standard InChI is InChI=1S/C12H22O/c1-3-5-11-6-9-12(13,8-4-2)10-7-11/h6,9,11,13H,3-5,7-8,10H2,1-2H3. The van der Waals surface area contributed by atoms with Gasteiger partial charge in [0.2, 0.25) is 0 Å². The molecule has 13 heavy (non-hydrogen) atoms. The van der Waals surface area contributed by atoms with Crippen LogP contribution in [0.4, 0.5) is 0 Å². The molecule has 1 aliphatic carbocycles.